The molecule has 2 aromatic heterocycles. The molecule has 0 aromatic carbocycles. The number of rotatable bonds is 2. The second-order valence-electron chi connectivity index (χ2n) is 4.85. The molecule has 0 aliphatic rings. The molecule has 5 nitrogen and oxygen atoms in total. The van der Waals surface area contributed by atoms with Gasteiger partial charge in [-0.1, -0.05) is 0 Å². The largest absolute Gasteiger partial charge is 0.362 e. The fraction of sp³-hybridized carbons (Fsp3) is 0.267. The number of aromatic amines is 1. The maximum Gasteiger partial charge on any atom is 0.289 e. The lowest BCUT2D eigenvalue weighted by Gasteiger charge is -2.06. The van der Waals surface area contributed by atoms with Gasteiger partial charge in [-0.2, -0.15) is 10.4 Å². The van der Waals surface area contributed by atoms with E-state index < -0.39 is 0 Å². The van der Waals surface area contributed by atoms with Gasteiger partial charge in [0.1, 0.15) is 11.6 Å². The molecule has 5 heteroatoms. The second-order valence-corrected chi connectivity index (χ2v) is 4.85. The molecule has 0 saturated carbocycles. The summed E-state index contributed by atoms with van der Waals surface area (Å²) in [6, 6.07) is 5.67. The predicted molar refractivity (Wildman–Crippen MR) is 78.1 cm³/mol. The average molecular weight is 268 g/mol. The van der Waals surface area contributed by atoms with Gasteiger partial charge in [-0.05, 0) is 45.4 Å². The number of H-pyrrole nitrogens is 1. The lowest BCUT2D eigenvalue weighted by molar-refractivity contribution is 0.786. The molecule has 2 heterocycles. The lowest BCUT2D eigenvalue weighted by Crippen LogP contribution is -2.22. The molecule has 2 rings (SSSR count). The minimum atomic E-state index is -0.383. The topological polar surface area (TPSA) is 73.9 Å². The molecule has 0 bridgehead atoms. The Kier molecular flexibility index (Phi) is 3.57. The lowest BCUT2D eigenvalue weighted by atomic mass is 10.1. The Hall–Kier alpha value is -2.61. The Morgan fingerprint density at radius 3 is 2.55 bits per heavy atom. The van der Waals surface area contributed by atoms with Crippen LogP contribution in [0.3, 0.4) is 0 Å². The summed E-state index contributed by atoms with van der Waals surface area (Å²) in [6.07, 6.45) is 1.63. The first-order valence-electron chi connectivity index (χ1n) is 6.28. The molecule has 1 N–H and O–H groups in total. The summed E-state index contributed by atoms with van der Waals surface area (Å²) in [5.41, 5.74) is 4.08. The number of aryl methyl sites for hydroxylation is 4. The molecule has 0 spiro atoms. The normalized spacial score (nSPS) is 10.9. The van der Waals surface area contributed by atoms with Gasteiger partial charge in [-0.25, -0.2) is 4.68 Å². The highest BCUT2D eigenvalue weighted by atomic mass is 16.1. The molecule has 0 amide bonds. The van der Waals surface area contributed by atoms with Crippen molar-refractivity contribution >= 4 is 6.21 Å². The summed E-state index contributed by atoms with van der Waals surface area (Å²) < 4.78 is 1.26. The van der Waals surface area contributed by atoms with Gasteiger partial charge in [0.25, 0.3) is 5.56 Å². The van der Waals surface area contributed by atoms with Crippen LogP contribution < -0.4 is 5.56 Å². The zero-order chi connectivity index (χ0) is 14.9. The summed E-state index contributed by atoms with van der Waals surface area (Å²) in [6.45, 7) is 7.45. The van der Waals surface area contributed by atoms with Gasteiger partial charge in [-0.3, -0.25) is 4.79 Å². The molecule has 0 aliphatic heterocycles. The second kappa shape index (κ2) is 5.17. The number of nitrogens with zero attached hydrogens (tertiary/aromatic N) is 3. The predicted octanol–water partition coefficient (Wildman–Crippen LogP) is 2.16. The Morgan fingerprint density at radius 1 is 1.30 bits per heavy atom. The Labute approximate surface area is 117 Å². The number of aromatic nitrogens is 2. The van der Waals surface area contributed by atoms with Gasteiger partial charge in [0.2, 0.25) is 0 Å². The van der Waals surface area contributed by atoms with E-state index in [4.69, 9.17) is 5.26 Å². The van der Waals surface area contributed by atoms with Crippen LogP contribution in [0.5, 0.6) is 0 Å². The summed E-state index contributed by atoms with van der Waals surface area (Å²) in [4.78, 5) is 15.3. The van der Waals surface area contributed by atoms with Crippen LogP contribution in [0.2, 0.25) is 0 Å². The van der Waals surface area contributed by atoms with E-state index in [9.17, 15) is 4.79 Å². The third-order valence-electron chi connectivity index (χ3n) is 3.17. The third-order valence-corrected chi connectivity index (χ3v) is 3.17. The highest BCUT2D eigenvalue weighted by molar-refractivity contribution is 5.81. The van der Waals surface area contributed by atoms with Crippen LogP contribution >= 0.6 is 0 Å². The van der Waals surface area contributed by atoms with Crippen molar-refractivity contribution in [2.24, 2.45) is 5.10 Å². The number of hydrogen-bond donors (Lipinski definition) is 1. The summed E-state index contributed by atoms with van der Waals surface area (Å²) in [5.74, 6) is 0. The van der Waals surface area contributed by atoms with Gasteiger partial charge in [-0.15, -0.1) is 0 Å². The van der Waals surface area contributed by atoms with Crippen LogP contribution in [0.4, 0.5) is 0 Å². The fourth-order valence-electron chi connectivity index (χ4n) is 2.16. The van der Waals surface area contributed by atoms with Gasteiger partial charge in [0.15, 0.2) is 0 Å². The molecule has 0 fully saturated rings. The number of nitriles is 1. The van der Waals surface area contributed by atoms with E-state index in [0.717, 1.165) is 17.0 Å². The maximum atomic E-state index is 12.2. The monoisotopic (exact) mass is 268 g/mol. The fourth-order valence-corrected chi connectivity index (χ4v) is 2.16. The minimum Gasteiger partial charge on any atom is -0.362 e. The summed E-state index contributed by atoms with van der Waals surface area (Å²) >= 11 is 0. The molecular formula is C15H16N4O. The maximum absolute atomic E-state index is 12.2. The van der Waals surface area contributed by atoms with E-state index in [0.29, 0.717) is 11.3 Å². The molecule has 0 aliphatic carbocycles. The molecule has 2 aromatic rings. The molecule has 102 valence electrons. The van der Waals surface area contributed by atoms with E-state index in [2.05, 4.69) is 10.1 Å². The van der Waals surface area contributed by atoms with Crippen molar-refractivity contribution < 1.29 is 0 Å². The van der Waals surface area contributed by atoms with E-state index in [1.165, 1.54) is 4.68 Å². The SMILES string of the molecule is Cc1cc(/C=N/n2c(C)cc(C)c(C#N)c2=O)c(C)[nH]1. The van der Waals surface area contributed by atoms with E-state index in [1.54, 1.807) is 26.1 Å². The van der Waals surface area contributed by atoms with Crippen LogP contribution in [0.15, 0.2) is 22.0 Å². The molecule has 0 saturated heterocycles. The zero-order valence-electron chi connectivity index (χ0n) is 12.0. The van der Waals surface area contributed by atoms with Gasteiger partial charge >= 0.3 is 0 Å². The van der Waals surface area contributed by atoms with Crippen molar-refractivity contribution in [3.63, 3.8) is 0 Å². The van der Waals surface area contributed by atoms with E-state index in [1.807, 2.05) is 26.0 Å². The first-order valence-corrected chi connectivity index (χ1v) is 6.28. The first kappa shape index (κ1) is 13.8. The Bertz CT molecular complexity index is 787. The van der Waals surface area contributed by atoms with Crippen LogP contribution in [0.1, 0.15) is 33.8 Å². The zero-order valence-corrected chi connectivity index (χ0v) is 12.0. The van der Waals surface area contributed by atoms with Crippen LogP contribution in [0, 0.1) is 39.0 Å². The molecule has 0 unspecified atom stereocenters. The highest BCUT2D eigenvalue weighted by Gasteiger charge is 2.09. The van der Waals surface area contributed by atoms with Gasteiger partial charge in [0, 0.05) is 22.6 Å². The average Bonchev–Trinajstić information content (AvgIpc) is 2.67. The number of nitrogens with one attached hydrogen (secondary N) is 1. The van der Waals surface area contributed by atoms with Gasteiger partial charge < -0.3 is 4.98 Å². The van der Waals surface area contributed by atoms with Crippen molar-refractivity contribution in [1.29, 1.82) is 5.26 Å². The van der Waals surface area contributed by atoms with E-state index in [-0.39, 0.29) is 11.1 Å². The summed E-state index contributed by atoms with van der Waals surface area (Å²) in [7, 11) is 0. The summed E-state index contributed by atoms with van der Waals surface area (Å²) in [5, 5.41) is 13.2. The Morgan fingerprint density at radius 2 is 2.00 bits per heavy atom. The van der Waals surface area contributed by atoms with Crippen LogP contribution in [-0.2, 0) is 0 Å². The van der Waals surface area contributed by atoms with Crippen LogP contribution in [0.25, 0.3) is 0 Å². The smallest absolute Gasteiger partial charge is 0.289 e. The van der Waals surface area contributed by atoms with Crippen molar-refractivity contribution in [2.45, 2.75) is 27.7 Å². The molecule has 0 radical (unpaired) electrons. The standard InChI is InChI=1S/C15H16N4O/c1-9-5-11(3)19(15(20)14(9)7-16)17-8-13-6-10(2)18-12(13)4/h5-6,8,18H,1-4H3/b17-8+. The third kappa shape index (κ3) is 2.41. The number of pyridine rings is 1. The molecule has 20 heavy (non-hydrogen) atoms. The number of hydrogen-bond acceptors (Lipinski definition) is 3. The van der Waals surface area contributed by atoms with Crippen molar-refractivity contribution in [1.82, 2.24) is 9.66 Å². The Balaban J connectivity index is 2.53. The van der Waals surface area contributed by atoms with Crippen molar-refractivity contribution in [2.75, 3.05) is 0 Å². The first-order chi connectivity index (χ1) is 9.43. The van der Waals surface area contributed by atoms with Crippen molar-refractivity contribution in [3.8, 4) is 6.07 Å². The molecular weight excluding hydrogens is 252 g/mol. The highest BCUT2D eigenvalue weighted by Crippen LogP contribution is 2.08. The van der Waals surface area contributed by atoms with Crippen molar-refractivity contribution in [3.05, 3.63) is 56.3 Å². The van der Waals surface area contributed by atoms with Gasteiger partial charge in [0.05, 0.1) is 6.21 Å². The molecule has 0 atom stereocenters. The van der Waals surface area contributed by atoms with E-state index >= 15 is 0 Å². The minimum absolute atomic E-state index is 0.134. The van der Waals surface area contributed by atoms with Crippen LogP contribution in [-0.4, -0.2) is 15.9 Å². The quantitative estimate of drug-likeness (QED) is 0.847.